The zero-order valence-corrected chi connectivity index (χ0v) is 8.67. The first kappa shape index (κ1) is 10.2. The van der Waals surface area contributed by atoms with E-state index >= 15 is 0 Å². The maximum atomic E-state index is 5.66. The van der Waals surface area contributed by atoms with E-state index in [-0.39, 0.29) is 5.41 Å². The quantitative estimate of drug-likeness (QED) is 0.768. The first-order valence-corrected chi connectivity index (χ1v) is 4.65. The van der Waals surface area contributed by atoms with Crippen LogP contribution in [0.2, 0.25) is 0 Å². The highest BCUT2D eigenvalue weighted by atomic mass is 14.7. The highest BCUT2D eigenvalue weighted by molar-refractivity contribution is 5.14. The fraction of sp³-hybridized carbons (Fsp3) is 0.545. The molecular formula is C11H18N2. The van der Waals surface area contributed by atoms with Crippen LogP contribution in [-0.4, -0.2) is 11.5 Å². The van der Waals surface area contributed by atoms with Crippen LogP contribution in [0.3, 0.4) is 0 Å². The fourth-order valence-electron chi connectivity index (χ4n) is 1.23. The normalized spacial score (nSPS) is 11.7. The van der Waals surface area contributed by atoms with E-state index in [1.807, 2.05) is 19.2 Å². The van der Waals surface area contributed by atoms with Crippen LogP contribution in [0.1, 0.15) is 25.1 Å². The Morgan fingerprint density at radius 2 is 2.08 bits per heavy atom. The first-order valence-electron chi connectivity index (χ1n) is 4.65. The Morgan fingerprint density at radius 3 is 2.54 bits per heavy atom. The van der Waals surface area contributed by atoms with Crippen molar-refractivity contribution in [3.05, 3.63) is 29.6 Å². The molecule has 0 aliphatic rings. The molecule has 0 fully saturated rings. The predicted octanol–water partition coefficient (Wildman–Crippen LogP) is 1.92. The van der Waals surface area contributed by atoms with Gasteiger partial charge < -0.3 is 5.73 Å². The van der Waals surface area contributed by atoms with Crippen LogP contribution in [0.5, 0.6) is 0 Å². The Morgan fingerprint density at radius 1 is 1.38 bits per heavy atom. The van der Waals surface area contributed by atoms with Crippen LogP contribution in [0.15, 0.2) is 18.3 Å². The second-order valence-electron chi connectivity index (χ2n) is 4.35. The van der Waals surface area contributed by atoms with Crippen molar-refractivity contribution in [3.63, 3.8) is 0 Å². The third kappa shape index (κ3) is 3.15. The van der Waals surface area contributed by atoms with Crippen LogP contribution in [0, 0.1) is 12.3 Å². The van der Waals surface area contributed by atoms with Gasteiger partial charge in [0.15, 0.2) is 0 Å². The van der Waals surface area contributed by atoms with Crippen molar-refractivity contribution >= 4 is 0 Å². The van der Waals surface area contributed by atoms with Gasteiger partial charge in [0.2, 0.25) is 0 Å². The molecule has 0 aliphatic heterocycles. The summed E-state index contributed by atoms with van der Waals surface area (Å²) < 4.78 is 0. The molecule has 0 aromatic carbocycles. The van der Waals surface area contributed by atoms with Crippen LogP contribution in [-0.2, 0) is 6.42 Å². The highest BCUT2D eigenvalue weighted by Gasteiger charge is 2.15. The number of nitrogens with two attached hydrogens (primary N) is 1. The molecule has 0 atom stereocenters. The van der Waals surface area contributed by atoms with E-state index in [2.05, 4.69) is 24.9 Å². The number of aromatic nitrogens is 1. The molecule has 1 aromatic heterocycles. The second kappa shape index (κ2) is 3.88. The molecule has 0 bridgehead atoms. The molecule has 2 heteroatoms. The van der Waals surface area contributed by atoms with Gasteiger partial charge in [0.1, 0.15) is 0 Å². The third-order valence-corrected chi connectivity index (χ3v) is 2.21. The second-order valence-corrected chi connectivity index (χ2v) is 4.35. The van der Waals surface area contributed by atoms with E-state index in [0.29, 0.717) is 6.54 Å². The maximum Gasteiger partial charge on any atom is 0.0372 e. The zero-order valence-electron chi connectivity index (χ0n) is 8.67. The minimum Gasteiger partial charge on any atom is -0.330 e. The monoisotopic (exact) mass is 178 g/mol. The van der Waals surface area contributed by atoms with Crippen LogP contribution >= 0.6 is 0 Å². The average Bonchev–Trinajstić information content (AvgIpc) is 2.09. The minimum atomic E-state index is 0.178. The molecule has 1 aromatic rings. The smallest absolute Gasteiger partial charge is 0.0372 e. The number of rotatable bonds is 3. The Hall–Kier alpha value is -0.890. The number of aryl methyl sites for hydroxylation is 1. The molecule has 13 heavy (non-hydrogen) atoms. The molecule has 0 aliphatic carbocycles. The molecule has 1 heterocycles. The predicted molar refractivity (Wildman–Crippen MR) is 55.5 cm³/mol. The Labute approximate surface area is 80.2 Å². The minimum absolute atomic E-state index is 0.178. The van der Waals surface area contributed by atoms with Gasteiger partial charge >= 0.3 is 0 Å². The molecule has 2 nitrogen and oxygen atoms in total. The van der Waals surface area contributed by atoms with E-state index in [1.54, 1.807) is 0 Å². The van der Waals surface area contributed by atoms with Crippen molar-refractivity contribution in [2.75, 3.05) is 6.54 Å². The fourth-order valence-corrected chi connectivity index (χ4v) is 1.23. The number of nitrogens with zero attached hydrogens (tertiary/aromatic N) is 1. The van der Waals surface area contributed by atoms with Gasteiger partial charge in [-0.1, -0.05) is 19.9 Å². The molecule has 0 saturated heterocycles. The Bertz CT molecular complexity index is 262. The molecule has 1 rings (SSSR count). The summed E-state index contributed by atoms with van der Waals surface area (Å²) in [4.78, 5) is 4.26. The zero-order chi connectivity index (χ0) is 9.90. The van der Waals surface area contributed by atoms with E-state index < -0.39 is 0 Å². The number of hydrogen-bond acceptors (Lipinski definition) is 2. The molecule has 0 radical (unpaired) electrons. The summed E-state index contributed by atoms with van der Waals surface area (Å²) in [5.74, 6) is 0. The lowest BCUT2D eigenvalue weighted by atomic mass is 9.86. The maximum absolute atomic E-state index is 5.66. The highest BCUT2D eigenvalue weighted by Crippen LogP contribution is 2.19. The van der Waals surface area contributed by atoms with Gasteiger partial charge in [-0.15, -0.1) is 0 Å². The molecule has 0 saturated carbocycles. The molecular weight excluding hydrogens is 160 g/mol. The van der Waals surface area contributed by atoms with Crippen molar-refractivity contribution in [1.82, 2.24) is 4.98 Å². The summed E-state index contributed by atoms with van der Waals surface area (Å²) in [7, 11) is 0. The van der Waals surface area contributed by atoms with Gasteiger partial charge in [-0.25, -0.2) is 0 Å². The molecule has 0 spiro atoms. The van der Waals surface area contributed by atoms with Gasteiger partial charge in [0.05, 0.1) is 0 Å². The van der Waals surface area contributed by atoms with Crippen molar-refractivity contribution in [3.8, 4) is 0 Å². The lowest BCUT2D eigenvalue weighted by molar-refractivity contribution is 0.376. The number of hydrogen-bond donors (Lipinski definition) is 1. The topological polar surface area (TPSA) is 38.9 Å². The summed E-state index contributed by atoms with van der Waals surface area (Å²) in [6, 6.07) is 4.17. The molecule has 72 valence electrons. The Balaban J connectivity index is 2.69. The van der Waals surface area contributed by atoms with Gasteiger partial charge in [-0.05, 0) is 36.9 Å². The summed E-state index contributed by atoms with van der Waals surface area (Å²) in [5.41, 5.74) is 8.17. The van der Waals surface area contributed by atoms with Crippen LogP contribution in [0.25, 0.3) is 0 Å². The summed E-state index contributed by atoms with van der Waals surface area (Å²) in [6.45, 7) is 7.05. The van der Waals surface area contributed by atoms with Gasteiger partial charge in [0.25, 0.3) is 0 Å². The van der Waals surface area contributed by atoms with Crippen molar-refractivity contribution in [1.29, 1.82) is 0 Å². The van der Waals surface area contributed by atoms with Crippen molar-refractivity contribution in [2.24, 2.45) is 11.1 Å². The van der Waals surface area contributed by atoms with Crippen molar-refractivity contribution in [2.45, 2.75) is 27.2 Å². The van der Waals surface area contributed by atoms with E-state index in [4.69, 9.17) is 5.73 Å². The molecule has 0 unspecified atom stereocenters. The number of pyridine rings is 1. The van der Waals surface area contributed by atoms with Gasteiger partial charge in [0, 0.05) is 11.9 Å². The lowest BCUT2D eigenvalue weighted by Crippen LogP contribution is -2.25. The van der Waals surface area contributed by atoms with E-state index in [9.17, 15) is 0 Å². The van der Waals surface area contributed by atoms with E-state index in [0.717, 1.165) is 12.1 Å². The Kier molecular flexibility index (Phi) is 3.04. The first-order chi connectivity index (χ1) is 6.03. The SMILES string of the molecule is Cc1ccc(CC(C)(C)CN)cn1. The summed E-state index contributed by atoms with van der Waals surface area (Å²) in [5, 5.41) is 0. The van der Waals surface area contributed by atoms with Crippen LogP contribution in [0.4, 0.5) is 0 Å². The largest absolute Gasteiger partial charge is 0.330 e. The van der Waals surface area contributed by atoms with Crippen LogP contribution < -0.4 is 5.73 Å². The van der Waals surface area contributed by atoms with Gasteiger partial charge in [-0.3, -0.25) is 4.98 Å². The third-order valence-electron chi connectivity index (χ3n) is 2.21. The standard InChI is InChI=1S/C11H18N2/c1-9-4-5-10(7-13-9)6-11(2,3)8-12/h4-5,7H,6,8,12H2,1-3H3. The van der Waals surface area contributed by atoms with E-state index in [1.165, 1.54) is 5.56 Å². The molecule has 0 amide bonds. The van der Waals surface area contributed by atoms with Crippen molar-refractivity contribution < 1.29 is 0 Å². The van der Waals surface area contributed by atoms with Gasteiger partial charge in [-0.2, -0.15) is 0 Å². The average molecular weight is 178 g/mol. The summed E-state index contributed by atoms with van der Waals surface area (Å²) >= 11 is 0. The molecule has 2 N–H and O–H groups in total. The summed E-state index contributed by atoms with van der Waals surface area (Å²) in [6.07, 6.45) is 2.93. The lowest BCUT2D eigenvalue weighted by Gasteiger charge is -2.21.